The molecule has 0 radical (unpaired) electrons. The van der Waals surface area contributed by atoms with Crippen molar-refractivity contribution in [1.29, 1.82) is 0 Å². The molecule has 68 valence electrons. The molecule has 2 heteroatoms. The SMILES string of the molecule is S=C=NC1CC2CC1C1C=CCC21. The van der Waals surface area contributed by atoms with Crippen molar-refractivity contribution in [3.63, 3.8) is 0 Å². The summed E-state index contributed by atoms with van der Waals surface area (Å²) in [4.78, 5) is 4.30. The van der Waals surface area contributed by atoms with Crippen molar-refractivity contribution >= 4 is 17.4 Å². The van der Waals surface area contributed by atoms with Gasteiger partial charge in [-0.3, -0.25) is 0 Å². The molecule has 2 fully saturated rings. The Balaban J connectivity index is 1.88. The molecular weight excluding hydrogens is 178 g/mol. The van der Waals surface area contributed by atoms with Gasteiger partial charge in [-0.05, 0) is 55.2 Å². The Labute approximate surface area is 83.9 Å². The van der Waals surface area contributed by atoms with Crippen LogP contribution in [0.2, 0.25) is 0 Å². The van der Waals surface area contributed by atoms with Crippen molar-refractivity contribution in [3.8, 4) is 0 Å². The normalized spacial score (nSPS) is 50.6. The maximum Gasteiger partial charge on any atom is 0.0639 e. The molecule has 0 spiro atoms. The fourth-order valence-corrected chi connectivity index (χ4v) is 3.86. The lowest BCUT2D eigenvalue weighted by atomic mass is 9.79. The molecule has 0 aromatic carbocycles. The maximum atomic E-state index is 4.69. The fraction of sp³-hybridized carbons (Fsp3) is 0.727. The molecule has 0 amide bonds. The highest BCUT2D eigenvalue weighted by atomic mass is 32.1. The molecule has 0 aromatic rings. The van der Waals surface area contributed by atoms with Gasteiger partial charge in [0.1, 0.15) is 0 Å². The van der Waals surface area contributed by atoms with Gasteiger partial charge in [0.15, 0.2) is 0 Å². The minimum atomic E-state index is 0.506. The Morgan fingerprint density at radius 2 is 2.23 bits per heavy atom. The Morgan fingerprint density at radius 1 is 1.31 bits per heavy atom. The van der Waals surface area contributed by atoms with Crippen LogP contribution in [0.4, 0.5) is 0 Å². The van der Waals surface area contributed by atoms with Crippen LogP contribution in [-0.4, -0.2) is 11.2 Å². The van der Waals surface area contributed by atoms with Gasteiger partial charge in [-0.15, -0.1) is 0 Å². The molecule has 2 saturated carbocycles. The van der Waals surface area contributed by atoms with Crippen LogP contribution in [-0.2, 0) is 0 Å². The second-order valence-corrected chi connectivity index (χ2v) is 4.77. The second kappa shape index (κ2) is 2.76. The lowest BCUT2D eigenvalue weighted by molar-refractivity contribution is 0.260. The third-order valence-electron chi connectivity index (χ3n) is 4.19. The molecule has 13 heavy (non-hydrogen) atoms. The van der Waals surface area contributed by atoms with E-state index in [4.69, 9.17) is 0 Å². The van der Waals surface area contributed by atoms with E-state index >= 15 is 0 Å². The summed E-state index contributed by atoms with van der Waals surface area (Å²) in [6.45, 7) is 0. The first-order valence-electron chi connectivity index (χ1n) is 5.14. The average molecular weight is 191 g/mol. The third-order valence-corrected chi connectivity index (χ3v) is 4.30. The van der Waals surface area contributed by atoms with E-state index in [9.17, 15) is 0 Å². The Kier molecular flexibility index (Phi) is 1.68. The summed E-state index contributed by atoms with van der Waals surface area (Å²) in [5.74, 6) is 3.52. The number of hydrogen-bond acceptors (Lipinski definition) is 2. The summed E-state index contributed by atoms with van der Waals surface area (Å²) in [7, 11) is 0. The monoisotopic (exact) mass is 191 g/mol. The second-order valence-electron chi connectivity index (χ2n) is 4.59. The van der Waals surface area contributed by atoms with Gasteiger partial charge in [0.05, 0.1) is 11.2 Å². The minimum absolute atomic E-state index is 0.506. The van der Waals surface area contributed by atoms with Crippen molar-refractivity contribution in [2.45, 2.75) is 25.3 Å². The number of rotatable bonds is 1. The van der Waals surface area contributed by atoms with E-state index in [1.54, 1.807) is 0 Å². The summed E-state index contributed by atoms with van der Waals surface area (Å²) in [5.41, 5.74) is 0. The number of isothiocyanates is 1. The van der Waals surface area contributed by atoms with Crippen LogP contribution in [0.5, 0.6) is 0 Å². The maximum absolute atomic E-state index is 4.69. The predicted octanol–water partition coefficient (Wildman–Crippen LogP) is 2.69. The number of aliphatic imine (C=N–C) groups is 1. The van der Waals surface area contributed by atoms with Gasteiger partial charge in [0.25, 0.3) is 0 Å². The zero-order valence-corrected chi connectivity index (χ0v) is 8.33. The lowest BCUT2D eigenvalue weighted by Crippen LogP contribution is -2.26. The number of allylic oxidation sites excluding steroid dienone is 2. The van der Waals surface area contributed by atoms with E-state index in [1.807, 2.05) is 0 Å². The summed E-state index contributed by atoms with van der Waals surface area (Å²) < 4.78 is 0. The highest BCUT2D eigenvalue weighted by molar-refractivity contribution is 7.78. The molecular formula is C11H13NS. The van der Waals surface area contributed by atoms with Crippen LogP contribution in [0.15, 0.2) is 17.1 Å². The van der Waals surface area contributed by atoms with Crippen molar-refractivity contribution in [2.24, 2.45) is 28.7 Å². The molecule has 0 aromatic heterocycles. The molecule has 5 atom stereocenters. The largest absolute Gasteiger partial charge is 0.229 e. The topological polar surface area (TPSA) is 12.4 Å². The molecule has 0 heterocycles. The summed E-state index contributed by atoms with van der Waals surface area (Å²) in [6, 6.07) is 0.506. The van der Waals surface area contributed by atoms with Crippen LogP contribution >= 0.6 is 12.2 Å². The summed E-state index contributed by atoms with van der Waals surface area (Å²) >= 11 is 4.69. The zero-order chi connectivity index (χ0) is 8.84. The smallest absolute Gasteiger partial charge is 0.0639 e. The van der Waals surface area contributed by atoms with Gasteiger partial charge in [0.2, 0.25) is 0 Å². The average Bonchev–Trinajstić information content (AvgIpc) is 2.72. The summed E-state index contributed by atoms with van der Waals surface area (Å²) in [5, 5.41) is 2.56. The quantitative estimate of drug-likeness (QED) is 0.352. The fourth-order valence-electron chi connectivity index (χ4n) is 3.73. The highest BCUT2D eigenvalue weighted by Gasteiger charge is 2.52. The zero-order valence-electron chi connectivity index (χ0n) is 7.52. The van der Waals surface area contributed by atoms with Crippen LogP contribution in [0.25, 0.3) is 0 Å². The van der Waals surface area contributed by atoms with E-state index < -0.39 is 0 Å². The predicted molar refractivity (Wildman–Crippen MR) is 55.8 cm³/mol. The third kappa shape index (κ3) is 0.992. The van der Waals surface area contributed by atoms with Crippen LogP contribution in [0.3, 0.4) is 0 Å². The van der Waals surface area contributed by atoms with Gasteiger partial charge >= 0.3 is 0 Å². The van der Waals surface area contributed by atoms with E-state index in [0.29, 0.717) is 6.04 Å². The van der Waals surface area contributed by atoms with Gasteiger partial charge in [-0.1, -0.05) is 12.2 Å². The van der Waals surface area contributed by atoms with Crippen LogP contribution < -0.4 is 0 Å². The standard InChI is InChI=1S/C11H13NS/c13-6-12-11-5-7-4-10(11)9-3-1-2-8(7)9/h1,3,7-11H,2,4-5H2. The molecule has 3 rings (SSSR count). The first-order valence-corrected chi connectivity index (χ1v) is 5.54. The molecule has 1 nitrogen and oxygen atoms in total. The molecule has 0 saturated heterocycles. The number of fused-ring (bicyclic) bond motifs is 5. The van der Waals surface area contributed by atoms with E-state index in [2.05, 4.69) is 34.5 Å². The summed E-state index contributed by atoms with van der Waals surface area (Å²) in [6.07, 6.45) is 8.76. The van der Waals surface area contributed by atoms with E-state index in [0.717, 1.165) is 23.7 Å². The number of nitrogens with zero attached hydrogens (tertiary/aromatic N) is 1. The van der Waals surface area contributed by atoms with Gasteiger partial charge in [-0.25, -0.2) is 4.99 Å². The minimum Gasteiger partial charge on any atom is -0.229 e. The molecule has 0 N–H and O–H groups in total. The first-order chi connectivity index (χ1) is 6.40. The van der Waals surface area contributed by atoms with E-state index in [1.165, 1.54) is 19.3 Å². The molecule has 3 aliphatic carbocycles. The lowest BCUT2D eigenvalue weighted by Gasteiger charge is -2.28. The van der Waals surface area contributed by atoms with Crippen LogP contribution in [0, 0.1) is 23.7 Å². The van der Waals surface area contributed by atoms with Crippen molar-refractivity contribution in [2.75, 3.05) is 0 Å². The van der Waals surface area contributed by atoms with Crippen molar-refractivity contribution < 1.29 is 0 Å². The Morgan fingerprint density at radius 3 is 3.08 bits per heavy atom. The van der Waals surface area contributed by atoms with Gasteiger partial charge < -0.3 is 0 Å². The molecule has 2 bridgehead atoms. The molecule has 0 aliphatic heterocycles. The van der Waals surface area contributed by atoms with Gasteiger partial charge in [-0.2, -0.15) is 0 Å². The first kappa shape index (κ1) is 7.90. The van der Waals surface area contributed by atoms with E-state index in [-0.39, 0.29) is 0 Å². The highest BCUT2D eigenvalue weighted by Crippen LogP contribution is 2.57. The Hall–Kier alpha value is -0.460. The number of hydrogen-bond donors (Lipinski definition) is 0. The van der Waals surface area contributed by atoms with Gasteiger partial charge in [0, 0.05) is 0 Å². The van der Waals surface area contributed by atoms with Crippen molar-refractivity contribution in [3.05, 3.63) is 12.2 Å². The molecule has 3 aliphatic rings. The van der Waals surface area contributed by atoms with Crippen molar-refractivity contribution in [1.82, 2.24) is 0 Å². The Bertz CT molecular complexity index is 301. The van der Waals surface area contributed by atoms with Crippen LogP contribution in [0.1, 0.15) is 19.3 Å². The number of thiocarbonyl (C=S) groups is 1. The molecule has 5 unspecified atom stereocenters.